The zero-order chi connectivity index (χ0) is 17.9. The molecule has 0 atom stereocenters. The molecule has 0 amide bonds. The highest BCUT2D eigenvalue weighted by Gasteiger charge is 2.14. The molecule has 0 aliphatic heterocycles. The minimum atomic E-state index is 0.831. The van der Waals surface area contributed by atoms with Gasteiger partial charge in [-0.05, 0) is 42.0 Å². The number of nitrogens with zero attached hydrogens (tertiary/aromatic N) is 2. The molecule has 3 nitrogen and oxygen atoms in total. The summed E-state index contributed by atoms with van der Waals surface area (Å²) in [7, 11) is 1.67. The Balaban J connectivity index is 1.85. The fraction of sp³-hybridized carbons (Fsp3) is 0.0455. The molecule has 0 radical (unpaired) electrons. The van der Waals surface area contributed by atoms with Crippen LogP contribution in [0.4, 0.5) is 0 Å². The van der Waals surface area contributed by atoms with Gasteiger partial charge >= 0.3 is 0 Å². The van der Waals surface area contributed by atoms with Gasteiger partial charge in [0.25, 0.3) is 0 Å². The van der Waals surface area contributed by atoms with E-state index >= 15 is 0 Å². The van der Waals surface area contributed by atoms with Crippen LogP contribution >= 0.6 is 15.9 Å². The van der Waals surface area contributed by atoms with Gasteiger partial charge in [-0.25, -0.2) is 4.68 Å². The maximum absolute atomic E-state index is 5.25. The average Bonchev–Trinajstić information content (AvgIpc) is 3.15. The first kappa shape index (κ1) is 16.6. The van der Waals surface area contributed by atoms with E-state index in [9.17, 15) is 0 Å². The Hall–Kier alpha value is -2.85. The van der Waals surface area contributed by atoms with Gasteiger partial charge < -0.3 is 4.74 Å². The molecule has 0 bridgehead atoms. The fourth-order valence-electron chi connectivity index (χ4n) is 2.89. The molecule has 1 heterocycles. The monoisotopic (exact) mass is 404 g/mol. The topological polar surface area (TPSA) is 27.1 Å². The van der Waals surface area contributed by atoms with Crippen LogP contribution in [0.5, 0.6) is 5.75 Å². The number of aromatic nitrogens is 2. The van der Waals surface area contributed by atoms with Crippen molar-refractivity contribution < 1.29 is 4.74 Å². The number of benzene rings is 3. The van der Waals surface area contributed by atoms with E-state index in [1.54, 1.807) is 7.11 Å². The van der Waals surface area contributed by atoms with Crippen molar-refractivity contribution >= 4 is 15.9 Å². The van der Waals surface area contributed by atoms with Crippen molar-refractivity contribution in [2.45, 2.75) is 0 Å². The Morgan fingerprint density at radius 2 is 1.50 bits per heavy atom. The summed E-state index contributed by atoms with van der Waals surface area (Å²) < 4.78 is 8.22. The van der Waals surface area contributed by atoms with Crippen molar-refractivity contribution in [2.75, 3.05) is 7.11 Å². The molecule has 0 saturated carbocycles. The molecule has 1 aromatic heterocycles. The number of halogens is 1. The highest BCUT2D eigenvalue weighted by Crippen LogP contribution is 2.32. The Bertz CT molecular complexity index is 1010. The second kappa shape index (κ2) is 7.18. The molecule has 0 N–H and O–H groups in total. The van der Waals surface area contributed by atoms with Gasteiger partial charge in [0.05, 0.1) is 12.8 Å². The number of hydrogen-bond donors (Lipinski definition) is 0. The van der Waals surface area contributed by atoms with Gasteiger partial charge in [-0.15, -0.1) is 0 Å². The molecule has 0 saturated heterocycles. The van der Waals surface area contributed by atoms with Gasteiger partial charge in [0.2, 0.25) is 0 Å². The number of hydrogen-bond acceptors (Lipinski definition) is 2. The Kier molecular flexibility index (Phi) is 4.59. The van der Waals surface area contributed by atoms with E-state index in [0.717, 1.165) is 38.3 Å². The van der Waals surface area contributed by atoms with Crippen molar-refractivity contribution in [3.05, 3.63) is 89.5 Å². The van der Waals surface area contributed by atoms with E-state index in [0.29, 0.717) is 0 Å². The maximum Gasteiger partial charge on any atom is 0.119 e. The van der Waals surface area contributed by atoms with E-state index in [-0.39, 0.29) is 0 Å². The summed E-state index contributed by atoms with van der Waals surface area (Å²) in [5.41, 5.74) is 5.28. The molecule has 4 heteroatoms. The molecule has 0 aliphatic carbocycles. The third-order valence-electron chi connectivity index (χ3n) is 4.25. The largest absolute Gasteiger partial charge is 0.497 e. The van der Waals surface area contributed by atoms with Gasteiger partial charge in [0.1, 0.15) is 11.4 Å². The average molecular weight is 405 g/mol. The van der Waals surface area contributed by atoms with E-state index in [4.69, 9.17) is 9.84 Å². The lowest BCUT2D eigenvalue weighted by Gasteiger charge is -2.03. The Morgan fingerprint density at radius 3 is 2.15 bits per heavy atom. The standard InChI is InChI=1S/C22H17BrN2O/c1-26-20-13-11-19(12-14-20)25-15-21(16-5-3-2-4-6-16)22(24-25)17-7-9-18(23)10-8-17/h2-15H,1H3. The minimum absolute atomic E-state index is 0.831. The molecule has 4 rings (SSSR count). The molecular weight excluding hydrogens is 388 g/mol. The molecule has 0 aliphatic rings. The first-order valence-electron chi connectivity index (χ1n) is 8.30. The zero-order valence-corrected chi connectivity index (χ0v) is 15.8. The van der Waals surface area contributed by atoms with Crippen LogP contribution in [0.15, 0.2) is 89.5 Å². The van der Waals surface area contributed by atoms with Crippen LogP contribution in [0.2, 0.25) is 0 Å². The van der Waals surface area contributed by atoms with Crippen LogP contribution in [0.25, 0.3) is 28.1 Å². The molecular formula is C22H17BrN2O. The van der Waals surface area contributed by atoms with Crippen molar-refractivity contribution in [2.24, 2.45) is 0 Å². The molecule has 3 aromatic carbocycles. The lowest BCUT2D eigenvalue weighted by molar-refractivity contribution is 0.414. The summed E-state index contributed by atoms with van der Waals surface area (Å²) in [5.74, 6) is 0.831. The quantitative estimate of drug-likeness (QED) is 0.418. The molecule has 0 unspecified atom stereocenters. The van der Waals surface area contributed by atoms with Gasteiger partial charge in [0, 0.05) is 21.8 Å². The predicted molar refractivity (Wildman–Crippen MR) is 109 cm³/mol. The first-order valence-corrected chi connectivity index (χ1v) is 9.09. The normalized spacial score (nSPS) is 10.7. The van der Waals surface area contributed by atoms with Crippen molar-refractivity contribution in [3.63, 3.8) is 0 Å². The lowest BCUT2D eigenvalue weighted by atomic mass is 10.0. The first-order chi connectivity index (χ1) is 12.7. The van der Waals surface area contributed by atoms with Crippen LogP contribution in [0.3, 0.4) is 0 Å². The zero-order valence-electron chi connectivity index (χ0n) is 14.3. The predicted octanol–water partition coefficient (Wildman–Crippen LogP) is 5.98. The molecule has 26 heavy (non-hydrogen) atoms. The van der Waals surface area contributed by atoms with E-state index < -0.39 is 0 Å². The second-order valence-corrected chi connectivity index (χ2v) is 6.82. The van der Waals surface area contributed by atoms with Gasteiger partial charge in [-0.2, -0.15) is 5.10 Å². The molecule has 4 aromatic rings. The van der Waals surface area contributed by atoms with Crippen molar-refractivity contribution in [3.8, 4) is 33.8 Å². The molecule has 0 fully saturated rings. The Morgan fingerprint density at radius 1 is 0.808 bits per heavy atom. The molecule has 128 valence electrons. The van der Waals surface area contributed by atoms with Crippen LogP contribution in [0, 0.1) is 0 Å². The van der Waals surface area contributed by atoms with Crippen LogP contribution in [-0.4, -0.2) is 16.9 Å². The SMILES string of the molecule is COc1ccc(-n2cc(-c3ccccc3)c(-c3ccc(Br)cc3)n2)cc1. The summed E-state index contributed by atoms with van der Waals surface area (Å²) in [6.45, 7) is 0. The van der Waals surface area contributed by atoms with Crippen LogP contribution in [-0.2, 0) is 0 Å². The van der Waals surface area contributed by atoms with E-state index in [1.165, 1.54) is 0 Å². The van der Waals surface area contributed by atoms with Gasteiger partial charge in [-0.3, -0.25) is 0 Å². The third-order valence-corrected chi connectivity index (χ3v) is 4.78. The third kappa shape index (κ3) is 3.28. The van der Waals surface area contributed by atoms with Crippen LogP contribution in [0.1, 0.15) is 0 Å². The summed E-state index contributed by atoms with van der Waals surface area (Å²) in [6.07, 6.45) is 2.08. The summed E-state index contributed by atoms with van der Waals surface area (Å²) >= 11 is 3.50. The smallest absolute Gasteiger partial charge is 0.119 e. The highest BCUT2D eigenvalue weighted by molar-refractivity contribution is 9.10. The number of rotatable bonds is 4. The number of ether oxygens (including phenoxy) is 1. The fourth-order valence-corrected chi connectivity index (χ4v) is 3.16. The lowest BCUT2D eigenvalue weighted by Crippen LogP contribution is -1.95. The van der Waals surface area contributed by atoms with Gasteiger partial charge in [0.15, 0.2) is 0 Å². The Labute approximate surface area is 161 Å². The van der Waals surface area contributed by atoms with Crippen LogP contribution < -0.4 is 4.74 Å². The number of methoxy groups -OCH3 is 1. The molecule has 0 spiro atoms. The van der Waals surface area contributed by atoms with Crippen molar-refractivity contribution in [1.29, 1.82) is 0 Å². The van der Waals surface area contributed by atoms with Crippen molar-refractivity contribution in [1.82, 2.24) is 9.78 Å². The van der Waals surface area contributed by atoms with E-state index in [2.05, 4.69) is 46.4 Å². The summed E-state index contributed by atoms with van der Waals surface area (Å²) in [4.78, 5) is 0. The second-order valence-electron chi connectivity index (χ2n) is 5.91. The summed E-state index contributed by atoms with van der Waals surface area (Å²) in [6, 6.07) is 26.5. The highest BCUT2D eigenvalue weighted by atomic mass is 79.9. The minimum Gasteiger partial charge on any atom is -0.497 e. The van der Waals surface area contributed by atoms with E-state index in [1.807, 2.05) is 59.3 Å². The summed E-state index contributed by atoms with van der Waals surface area (Å²) in [5, 5.41) is 4.87. The maximum atomic E-state index is 5.25. The van der Waals surface area contributed by atoms with Gasteiger partial charge in [-0.1, -0.05) is 58.4 Å².